The van der Waals surface area contributed by atoms with Crippen molar-refractivity contribution in [1.82, 2.24) is 0 Å². The quantitative estimate of drug-likeness (QED) is 0.563. The molecule has 0 spiro atoms. The Bertz CT molecular complexity index is 465. The van der Waals surface area contributed by atoms with Crippen LogP contribution in [0.3, 0.4) is 0 Å². The Morgan fingerprint density at radius 1 is 0.882 bits per heavy atom. The molecule has 0 aliphatic heterocycles. The number of alkyl halides is 1. The van der Waals surface area contributed by atoms with E-state index in [4.69, 9.17) is 11.6 Å². The van der Waals surface area contributed by atoms with Gasteiger partial charge in [-0.1, -0.05) is 24.3 Å². The fourth-order valence-corrected chi connectivity index (χ4v) is 2.45. The Kier molecular flexibility index (Phi) is 4.46. The van der Waals surface area contributed by atoms with Crippen molar-refractivity contribution in [3.63, 3.8) is 0 Å². The average Bonchev–Trinajstić information content (AvgIpc) is 2.39. The number of benzene rings is 2. The topological polar surface area (TPSA) is 0 Å². The third kappa shape index (κ3) is 3.76. The predicted octanol–water partition coefficient (Wildman–Crippen LogP) is 4.86. The zero-order valence-corrected chi connectivity index (χ0v) is 10.8. The number of thioether (sulfide) groups is 1. The van der Waals surface area contributed by atoms with Crippen LogP contribution in [-0.2, 0) is 11.6 Å². The molecule has 0 fully saturated rings. The van der Waals surface area contributed by atoms with Gasteiger partial charge in [-0.05, 0) is 35.4 Å². The third-order valence-electron chi connectivity index (χ3n) is 2.40. The fourth-order valence-electron chi connectivity index (χ4n) is 1.42. The number of halogens is 2. The van der Waals surface area contributed by atoms with Crippen molar-refractivity contribution in [3.8, 4) is 0 Å². The van der Waals surface area contributed by atoms with Crippen LogP contribution in [0.25, 0.3) is 0 Å². The van der Waals surface area contributed by atoms with Gasteiger partial charge in [0.05, 0.1) is 0 Å². The Hall–Kier alpha value is -0.990. The second-order valence-electron chi connectivity index (χ2n) is 3.69. The summed E-state index contributed by atoms with van der Waals surface area (Å²) in [4.78, 5) is 1.20. The van der Waals surface area contributed by atoms with Gasteiger partial charge in [-0.15, -0.1) is 23.4 Å². The molecule has 0 saturated heterocycles. The molecule has 0 bridgehead atoms. The smallest absolute Gasteiger partial charge is 0.123 e. The molecule has 0 heterocycles. The minimum absolute atomic E-state index is 0.190. The average molecular weight is 267 g/mol. The van der Waals surface area contributed by atoms with Crippen LogP contribution in [0.1, 0.15) is 11.1 Å². The summed E-state index contributed by atoms with van der Waals surface area (Å²) in [6, 6.07) is 14.8. The zero-order chi connectivity index (χ0) is 12.1. The highest BCUT2D eigenvalue weighted by Gasteiger charge is 1.97. The van der Waals surface area contributed by atoms with E-state index in [9.17, 15) is 4.39 Å². The molecule has 88 valence electrons. The van der Waals surface area contributed by atoms with Crippen LogP contribution in [0.2, 0.25) is 0 Å². The van der Waals surface area contributed by atoms with E-state index in [2.05, 4.69) is 12.1 Å². The Morgan fingerprint density at radius 2 is 1.47 bits per heavy atom. The predicted molar refractivity (Wildman–Crippen MR) is 72.0 cm³/mol. The summed E-state index contributed by atoms with van der Waals surface area (Å²) in [5, 5.41) is 0. The molecule has 0 aromatic heterocycles. The largest absolute Gasteiger partial charge is 0.207 e. The monoisotopic (exact) mass is 266 g/mol. The lowest BCUT2D eigenvalue weighted by molar-refractivity contribution is 0.627. The van der Waals surface area contributed by atoms with Crippen molar-refractivity contribution in [1.29, 1.82) is 0 Å². The second-order valence-corrected chi connectivity index (χ2v) is 5.01. The molecular formula is C14H12ClFS. The Morgan fingerprint density at radius 3 is 2.06 bits per heavy atom. The number of rotatable bonds is 4. The van der Waals surface area contributed by atoms with E-state index in [0.717, 1.165) is 16.9 Å². The molecule has 3 heteroatoms. The lowest BCUT2D eigenvalue weighted by Gasteiger charge is -2.03. The van der Waals surface area contributed by atoms with Crippen LogP contribution in [0.5, 0.6) is 0 Å². The van der Waals surface area contributed by atoms with Crippen molar-refractivity contribution in [2.24, 2.45) is 0 Å². The normalized spacial score (nSPS) is 10.5. The molecule has 0 saturated carbocycles. The second kappa shape index (κ2) is 6.08. The Balaban J connectivity index is 1.95. The first-order chi connectivity index (χ1) is 8.28. The molecule has 0 radical (unpaired) electrons. The molecule has 0 nitrogen and oxygen atoms in total. The van der Waals surface area contributed by atoms with Crippen LogP contribution in [0.15, 0.2) is 53.4 Å². The Labute approximate surface area is 110 Å². The van der Waals surface area contributed by atoms with Crippen LogP contribution in [0.4, 0.5) is 4.39 Å². The van der Waals surface area contributed by atoms with Crippen molar-refractivity contribution < 1.29 is 4.39 Å². The summed E-state index contributed by atoms with van der Waals surface area (Å²) in [5.74, 6) is 1.20. The van der Waals surface area contributed by atoms with Gasteiger partial charge < -0.3 is 0 Å². The lowest BCUT2D eigenvalue weighted by atomic mass is 10.2. The highest BCUT2D eigenvalue weighted by Crippen LogP contribution is 2.23. The fraction of sp³-hybridized carbons (Fsp3) is 0.143. The van der Waals surface area contributed by atoms with E-state index in [1.165, 1.54) is 17.0 Å². The van der Waals surface area contributed by atoms with Gasteiger partial charge in [0.2, 0.25) is 0 Å². The molecular weight excluding hydrogens is 255 g/mol. The van der Waals surface area contributed by atoms with Gasteiger partial charge in [-0.25, -0.2) is 4.39 Å². The van der Waals surface area contributed by atoms with Gasteiger partial charge in [0.1, 0.15) is 5.82 Å². The van der Waals surface area contributed by atoms with Crippen molar-refractivity contribution in [2.45, 2.75) is 16.5 Å². The summed E-state index contributed by atoms with van der Waals surface area (Å²) >= 11 is 7.46. The van der Waals surface area contributed by atoms with Gasteiger partial charge in [0.25, 0.3) is 0 Å². The summed E-state index contributed by atoms with van der Waals surface area (Å²) in [7, 11) is 0. The molecule has 0 amide bonds. The molecule has 2 aromatic rings. The standard InChI is InChI=1S/C14H12ClFS/c15-9-11-3-7-14(8-4-11)17-10-12-1-5-13(16)6-2-12/h1-8H,9-10H2. The van der Waals surface area contributed by atoms with Gasteiger partial charge >= 0.3 is 0 Å². The van der Waals surface area contributed by atoms with Gasteiger partial charge in [-0.3, -0.25) is 0 Å². The lowest BCUT2D eigenvalue weighted by Crippen LogP contribution is -1.82. The maximum atomic E-state index is 12.7. The van der Waals surface area contributed by atoms with Crippen molar-refractivity contribution >= 4 is 23.4 Å². The highest BCUT2D eigenvalue weighted by molar-refractivity contribution is 7.98. The van der Waals surface area contributed by atoms with E-state index in [1.54, 1.807) is 11.8 Å². The third-order valence-corrected chi connectivity index (χ3v) is 3.79. The minimum atomic E-state index is -0.190. The van der Waals surface area contributed by atoms with Crippen LogP contribution in [-0.4, -0.2) is 0 Å². The molecule has 0 atom stereocenters. The summed E-state index contributed by atoms with van der Waals surface area (Å²) in [6.45, 7) is 0. The first kappa shape index (κ1) is 12.5. The first-order valence-corrected chi connectivity index (χ1v) is 6.82. The maximum Gasteiger partial charge on any atom is 0.123 e. The van der Waals surface area contributed by atoms with Gasteiger partial charge in [0, 0.05) is 16.5 Å². The number of hydrogen-bond donors (Lipinski definition) is 0. The maximum absolute atomic E-state index is 12.7. The molecule has 0 aliphatic rings. The van der Waals surface area contributed by atoms with Crippen LogP contribution in [0, 0.1) is 5.82 Å². The van der Waals surface area contributed by atoms with E-state index in [-0.39, 0.29) is 5.82 Å². The highest BCUT2D eigenvalue weighted by atomic mass is 35.5. The van der Waals surface area contributed by atoms with Gasteiger partial charge in [-0.2, -0.15) is 0 Å². The van der Waals surface area contributed by atoms with Crippen LogP contribution < -0.4 is 0 Å². The minimum Gasteiger partial charge on any atom is -0.207 e. The molecule has 0 aliphatic carbocycles. The summed E-state index contributed by atoms with van der Waals surface area (Å²) < 4.78 is 12.7. The zero-order valence-electron chi connectivity index (χ0n) is 9.20. The molecule has 0 unspecified atom stereocenters. The van der Waals surface area contributed by atoms with E-state index >= 15 is 0 Å². The number of hydrogen-bond acceptors (Lipinski definition) is 1. The summed E-state index contributed by atoms with van der Waals surface area (Å²) in [5.41, 5.74) is 2.25. The van der Waals surface area contributed by atoms with Gasteiger partial charge in [0.15, 0.2) is 0 Å². The SMILES string of the molecule is Fc1ccc(CSc2ccc(CCl)cc2)cc1. The van der Waals surface area contributed by atoms with Crippen molar-refractivity contribution in [3.05, 3.63) is 65.5 Å². The van der Waals surface area contributed by atoms with E-state index in [1.807, 2.05) is 24.3 Å². The van der Waals surface area contributed by atoms with Crippen molar-refractivity contribution in [2.75, 3.05) is 0 Å². The molecule has 2 aromatic carbocycles. The summed E-state index contributed by atoms with van der Waals surface area (Å²) in [6.07, 6.45) is 0. The van der Waals surface area contributed by atoms with Crippen LogP contribution >= 0.6 is 23.4 Å². The molecule has 0 N–H and O–H groups in total. The molecule has 17 heavy (non-hydrogen) atoms. The van der Waals surface area contributed by atoms with E-state index < -0.39 is 0 Å². The first-order valence-electron chi connectivity index (χ1n) is 5.30. The van der Waals surface area contributed by atoms with E-state index in [0.29, 0.717) is 5.88 Å². The molecule has 2 rings (SSSR count).